The van der Waals surface area contributed by atoms with E-state index in [0.717, 1.165) is 63.0 Å². The van der Waals surface area contributed by atoms with Crippen LogP contribution in [0.1, 0.15) is 53.7 Å². The van der Waals surface area contributed by atoms with Gasteiger partial charge in [0.25, 0.3) is 5.91 Å². The fraction of sp³-hybridized carbons (Fsp3) is 0.591. The molecule has 1 aliphatic heterocycles. The molecular formula is C22H30N2O3. The van der Waals surface area contributed by atoms with Crippen LogP contribution >= 0.6 is 0 Å². The Balaban J connectivity index is 1.23. The lowest BCUT2D eigenvalue weighted by molar-refractivity contribution is 0.0202. The molecule has 1 fully saturated rings. The lowest BCUT2D eigenvalue weighted by Crippen LogP contribution is -2.26. The molecule has 0 spiro atoms. The van der Waals surface area contributed by atoms with E-state index in [1.54, 1.807) is 0 Å². The summed E-state index contributed by atoms with van der Waals surface area (Å²) in [4.78, 5) is 16.0. The van der Waals surface area contributed by atoms with Gasteiger partial charge in [-0.25, -0.2) is 0 Å². The van der Waals surface area contributed by atoms with E-state index in [2.05, 4.69) is 10.3 Å². The lowest BCUT2D eigenvalue weighted by Gasteiger charge is -2.21. The van der Waals surface area contributed by atoms with Crippen molar-refractivity contribution in [1.29, 1.82) is 0 Å². The second kappa shape index (κ2) is 8.89. The summed E-state index contributed by atoms with van der Waals surface area (Å²) < 4.78 is 11.1. The molecule has 1 aromatic carbocycles. The Hall–Kier alpha value is -1.85. The number of fused-ring (bicyclic) bond motifs is 3. The molecule has 1 saturated heterocycles. The number of H-pyrrole nitrogens is 1. The minimum atomic E-state index is 0.00656. The summed E-state index contributed by atoms with van der Waals surface area (Å²) in [5.41, 5.74) is 4.67. The summed E-state index contributed by atoms with van der Waals surface area (Å²) in [5.74, 6) is 0.638. The summed E-state index contributed by atoms with van der Waals surface area (Å²) >= 11 is 0. The lowest BCUT2D eigenvalue weighted by atomic mass is 9.95. The summed E-state index contributed by atoms with van der Waals surface area (Å²) in [6.45, 7) is 3.88. The van der Waals surface area contributed by atoms with Crippen LogP contribution in [0.4, 0.5) is 0 Å². The fourth-order valence-electron chi connectivity index (χ4n) is 4.19. The number of aromatic amines is 1. The smallest absolute Gasteiger partial charge is 0.251 e. The molecule has 27 heavy (non-hydrogen) atoms. The average molecular weight is 370 g/mol. The molecule has 0 radical (unpaired) electrons. The zero-order valence-electron chi connectivity index (χ0n) is 16.0. The molecule has 1 amide bonds. The second-order valence-corrected chi connectivity index (χ2v) is 7.79. The molecule has 1 aliphatic carbocycles. The molecule has 0 saturated carbocycles. The number of carbonyl (C=O) groups excluding carboxylic acids is 1. The molecule has 0 atom stereocenters. The quantitative estimate of drug-likeness (QED) is 0.732. The predicted octanol–water partition coefficient (Wildman–Crippen LogP) is 3.61. The molecule has 2 heterocycles. The number of rotatable bonds is 7. The maximum Gasteiger partial charge on any atom is 0.251 e. The zero-order chi connectivity index (χ0) is 18.5. The maximum absolute atomic E-state index is 12.5. The standard InChI is InChI=1S/C22H30N2O3/c25-22(23-10-3-11-27-15-16-8-12-26-13-9-16)17-6-7-21-19(14-17)18-4-1-2-5-20(18)24-21/h6-7,14,16,24H,1-5,8-13,15H2,(H,23,25). The third kappa shape index (κ3) is 4.53. The minimum Gasteiger partial charge on any atom is -0.381 e. The van der Waals surface area contributed by atoms with Crippen molar-refractivity contribution in [1.82, 2.24) is 10.3 Å². The monoisotopic (exact) mass is 370 g/mol. The highest BCUT2D eigenvalue weighted by atomic mass is 16.5. The van der Waals surface area contributed by atoms with Crippen molar-refractivity contribution >= 4 is 16.8 Å². The highest BCUT2D eigenvalue weighted by molar-refractivity contribution is 5.99. The molecule has 1 aromatic heterocycles. The molecule has 0 unspecified atom stereocenters. The van der Waals surface area contributed by atoms with Crippen molar-refractivity contribution in [2.24, 2.45) is 5.92 Å². The fourth-order valence-corrected chi connectivity index (χ4v) is 4.19. The molecule has 2 aromatic rings. The highest BCUT2D eigenvalue weighted by Crippen LogP contribution is 2.29. The van der Waals surface area contributed by atoms with Crippen LogP contribution in [0.25, 0.3) is 10.9 Å². The Kier molecular flexibility index (Phi) is 6.10. The van der Waals surface area contributed by atoms with Crippen LogP contribution in [0, 0.1) is 5.92 Å². The Morgan fingerprint density at radius 1 is 1.22 bits per heavy atom. The third-order valence-electron chi connectivity index (χ3n) is 5.81. The number of aryl methyl sites for hydroxylation is 2. The van der Waals surface area contributed by atoms with Gasteiger partial charge in [-0.2, -0.15) is 0 Å². The van der Waals surface area contributed by atoms with Crippen molar-refractivity contribution in [2.45, 2.75) is 44.9 Å². The number of hydrogen-bond donors (Lipinski definition) is 2. The van der Waals surface area contributed by atoms with Crippen molar-refractivity contribution < 1.29 is 14.3 Å². The molecule has 2 aliphatic rings. The first-order chi connectivity index (χ1) is 13.3. The van der Waals surface area contributed by atoms with Gasteiger partial charge < -0.3 is 19.8 Å². The first kappa shape index (κ1) is 18.5. The van der Waals surface area contributed by atoms with Crippen LogP contribution in [-0.4, -0.2) is 43.9 Å². The Morgan fingerprint density at radius 3 is 2.96 bits per heavy atom. The molecule has 2 N–H and O–H groups in total. The van der Waals surface area contributed by atoms with Crippen molar-refractivity contribution in [2.75, 3.05) is 33.0 Å². The number of hydrogen-bond acceptors (Lipinski definition) is 3. The average Bonchev–Trinajstić information content (AvgIpc) is 3.09. The van der Waals surface area contributed by atoms with Gasteiger partial charge in [0.05, 0.1) is 0 Å². The van der Waals surface area contributed by atoms with Gasteiger partial charge in [0.2, 0.25) is 0 Å². The van der Waals surface area contributed by atoms with Gasteiger partial charge >= 0.3 is 0 Å². The molecular weight excluding hydrogens is 340 g/mol. The van der Waals surface area contributed by atoms with E-state index >= 15 is 0 Å². The topological polar surface area (TPSA) is 63.4 Å². The Labute approximate surface area is 160 Å². The molecule has 146 valence electrons. The Bertz CT molecular complexity index is 777. The number of carbonyl (C=O) groups is 1. The second-order valence-electron chi connectivity index (χ2n) is 7.79. The van der Waals surface area contributed by atoms with Crippen LogP contribution in [0.3, 0.4) is 0 Å². The zero-order valence-corrected chi connectivity index (χ0v) is 16.0. The molecule has 4 rings (SSSR count). The summed E-state index contributed by atoms with van der Waals surface area (Å²) in [6, 6.07) is 6.01. The highest BCUT2D eigenvalue weighted by Gasteiger charge is 2.17. The summed E-state index contributed by atoms with van der Waals surface area (Å²) in [6.07, 6.45) is 7.78. The van der Waals surface area contributed by atoms with E-state index in [1.165, 1.54) is 29.5 Å². The third-order valence-corrected chi connectivity index (χ3v) is 5.81. The van der Waals surface area contributed by atoms with Gasteiger partial charge in [-0.15, -0.1) is 0 Å². The number of amides is 1. The summed E-state index contributed by atoms with van der Waals surface area (Å²) in [7, 11) is 0. The van der Waals surface area contributed by atoms with E-state index in [9.17, 15) is 4.79 Å². The first-order valence-corrected chi connectivity index (χ1v) is 10.4. The van der Waals surface area contributed by atoms with Gasteiger partial charge in [0.1, 0.15) is 0 Å². The van der Waals surface area contributed by atoms with Crippen LogP contribution in [-0.2, 0) is 22.3 Å². The van der Waals surface area contributed by atoms with E-state index in [-0.39, 0.29) is 5.91 Å². The SMILES string of the molecule is O=C(NCCCOCC1CCOCC1)c1ccc2[nH]c3c(c2c1)CCCC3. The van der Waals surface area contributed by atoms with Gasteiger partial charge in [-0.1, -0.05) is 0 Å². The minimum absolute atomic E-state index is 0.00656. The predicted molar refractivity (Wildman–Crippen MR) is 106 cm³/mol. The number of ether oxygens (including phenoxy) is 2. The van der Waals surface area contributed by atoms with Crippen molar-refractivity contribution in [3.8, 4) is 0 Å². The van der Waals surface area contributed by atoms with E-state index in [0.29, 0.717) is 19.1 Å². The Morgan fingerprint density at radius 2 is 2.07 bits per heavy atom. The maximum atomic E-state index is 12.5. The first-order valence-electron chi connectivity index (χ1n) is 10.4. The molecule has 5 nitrogen and oxygen atoms in total. The normalized spacial score (nSPS) is 17.8. The van der Waals surface area contributed by atoms with Crippen LogP contribution < -0.4 is 5.32 Å². The van der Waals surface area contributed by atoms with E-state index in [1.807, 2.05) is 18.2 Å². The van der Waals surface area contributed by atoms with Crippen LogP contribution in [0.2, 0.25) is 0 Å². The van der Waals surface area contributed by atoms with Gasteiger partial charge in [0, 0.05) is 55.1 Å². The van der Waals surface area contributed by atoms with E-state index < -0.39 is 0 Å². The molecule has 5 heteroatoms. The number of benzene rings is 1. The van der Waals surface area contributed by atoms with Crippen LogP contribution in [0.15, 0.2) is 18.2 Å². The van der Waals surface area contributed by atoms with Gasteiger partial charge in [-0.05, 0) is 74.6 Å². The summed E-state index contributed by atoms with van der Waals surface area (Å²) in [5, 5.41) is 4.24. The largest absolute Gasteiger partial charge is 0.381 e. The molecule has 0 bridgehead atoms. The van der Waals surface area contributed by atoms with Crippen LogP contribution in [0.5, 0.6) is 0 Å². The van der Waals surface area contributed by atoms with E-state index in [4.69, 9.17) is 9.47 Å². The number of nitrogens with one attached hydrogen (secondary N) is 2. The number of aromatic nitrogens is 1. The van der Waals surface area contributed by atoms with Crippen molar-refractivity contribution in [3.05, 3.63) is 35.0 Å². The van der Waals surface area contributed by atoms with Gasteiger partial charge in [-0.3, -0.25) is 4.79 Å². The van der Waals surface area contributed by atoms with Gasteiger partial charge in [0.15, 0.2) is 0 Å². The van der Waals surface area contributed by atoms with Crippen molar-refractivity contribution in [3.63, 3.8) is 0 Å².